The van der Waals surface area contributed by atoms with Gasteiger partial charge in [0.25, 0.3) is 0 Å². The Morgan fingerprint density at radius 1 is 0.944 bits per heavy atom. The van der Waals surface area contributed by atoms with Gasteiger partial charge >= 0.3 is 0 Å². The van der Waals surface area contributed by atoms with Crippen LogP contribution in [0.1, 0.15) is 26.3 Å². The minimum Gasteiger partial charge on any atom is -0.314 e. The number of fused-ring (bicyclic) bond motifs is 1. The minimum atomic E-state index is 0.573. The van der Waals surface area contributed by atoms with Crippen molar-refractivity contribution in [2.24, 2.45) is 5.92 Å². The first-order chi connectivity index (χ1) is 8.65. The summed E-state index contributed by atoms with van der Waals surface area (Å²) in [5.74, 6) is 0.675. The molecule has 0 saturated heterocycles. The molecule has 18 heavy (non-hydrogen) atoms. The molecule has 0 heterocycles. The van der Waals surface area contributed by atoms with Crippen molar-refractivity contribution in [2.45, 2.75) is 33.2 Å². The second kappa shape index (κ2) is 6.01. The fourth-order valence-electron chi connectivity index (χ4n) is 2.28. The summed E-state index contributed by atoms with van der Waals surface area (Å²) in [4.78, 5) is 0. The van der Waals surface area contributed by atoms with Crippen LogP contribution in [0.15, 0.2) is 42.5 Å². The molecule has 1 unspecified atom stereocenters. The number of rotatable bonds is 5. The van der Waals surface area contributed by atoms with E-state index in [1.807, 2.05) is 0 Å². The van der Waals surface area contributed by atoms with Crippen molar-refractivity contribution >= 4 is 10.8 Å². The van der Waals surface area contributed by atoms with Gasteiger partial charge in [0, 0.05) is 6.04 Å². The lowest BCUT2D eigenvalue weighted by Crippen LogP contribution is -2.28. The van der Waals surface area contributed by atoms with Crippen molar-refractivity contribution in [1.82, 2.24) is 5.32 Å². The number of hydrogen-bond donors (Lipinski definition) is 1. The molecule has 1 atom stereocenters. The summed E-state index contributed by atoms with van der Waals surface area (Å²) in [5, 5.41) is 6.18. The van der Waals surface area contributed by atoms with Crippen LogP contribution in [0.4, 0.5) is 0 Å². The van der Waals surface area contributed by atoms with Gasteiger partial charge in [0.15, 0.2) is 0 Å². The molecule has 2 rings (SSSR count). The zero-order chi connectivity index (χ0) is 13.0. The number of hydrogen-bond acceptors (Lipinski definition) is 1. The Morgan fingerprint density at radius 2 is 1.67 bits per heavy atom. The zero-order valence-corrected chi connectivity index (χ0v) is 11.6. The fourth-order valence-corrected chi connectivity index (χ4v) is 2.28. The average Bonchev–Trinajstić information content (AvgIpc) is 2.36. The molecule has 0 amide bonds. The average molecular weight is 241 g/mol. The van der Waals surface area contributed by atoms with E-state index in [2.05, 4.69) is 68.6 Å². The summed E-state index contributed by atoms with van der Waals surface area (Å²) in [7, 11) is 0. The Kier molecular flexibility index (Phi) is 4.38. The van der Waals surface area contributed by atoms with E-state index in [0.717, 1.165) is 13.0 Å². The minimum absolute atomic E-state index is 0.573. The molecule has 0 spiro atoms. The van der Waals surface area contributed by atoms with E-state index < -0.39 is 0 Å². The van der Waals surface area contributed by atoms with E-state index in [-0.39, 0.29) is 0 Å². The van der Waals surface area contributed by atoms with Crippen LogP contribution < -0.4 is 5.32 Å². The summed E-state index contributed by atoms with van der Waals surface area (Å²) >= 11 is 0. The third-order valence-corrected chi connectivity index (χ3v) is 3.27. The summed E-state index contributed by atoms with van der Waals surface area (Å²) in [5.41, 5.74) is 1.44. The van der Waals surface area contributed by atoms with Crippen LogP contribution in [-0.4, -0.2) is 12.6 Å². The van der Waals surface area contributed by atoms with Crippen LogP contribution in [0.25, 0.3) is 10.8 Å². The number of benzene rings is 2. The van der Waals surface area contributed by atoms with Crippen molar-refractivity contribution < 1.29 is 0 Å². The van der Waals surface area contributed by atoms with Gasteiger partial charge in [-0.2, -0.15) is 0 Å². The lowest BCUT2D eigenvalue weighted by Gasteiger charge is -2.15. The molecule has 0 fully saturated rings. The Labute approximate surface area is 110 Å². The van der Waals surface area contributed by atoms with Crippen LogP contribution in [0.5, 0.6) is 0 Å². The molecule has 0 aliphatic rings. The molecular weight excluding hydrogens is 218 g/mol. The second-order valence-electron chi connectivity index (χ2n) is 5.55. The maximum Gasteiger partial charge on any atom is 0.00104 e. The van der Waals surface area contributed by atoms with E-state index in [0.29, 0.717) is 12.0 Å². The van der Waals surface area contributed by atoms with Gasteiger partial charge in [-0.05, 0) is 35.2 Å². The van der Waals surface area contributed by atoms with Crippen LogP contribution >= 0.6 is 0 Å². The first-order valence-electron chi connectivity index (χ1n) is 6.86. The maximum absolute atomic E-state index is 3.50. The van der Waals surface area contributed by atoms with Crippen LogP contribution in [-0.2, 0) is 6.42 Å². The highest BCUT2D eigenvalue weighted by Crippen LogP contribution is 2.17. The predicted molar refractivity (Wildman–Crippen MR) is 80.0 cm³/mol. The molecule has 2 aromatic rings. The molecule has 0 bridgehead atoms. The Balaban J connectivity index is 2.03. The third kappa shape index (κ3) is 3.58. The first-order valence-corrected chi connectivity index (χ1v) is 6.86. The van der Waals surface area contributed by atoms with Crippen molar-refractivity contribution in [1.29, 1.82) is 0 Å². The topological polar surface area (TPSA) is 12.0 Å². The summed E-state index contributed by atoms with van der Waals surface area (Å²) < 4.78 is 0. The van der Waals surface area contributed by atoms with Crippen LogP contribution in [0.3, 0.4) is 0 Å². The molecule has 0 saturated carbocycles. The van der Waals surface area contributed by atoms with Gasteiger partial charge in [-0.25, -0.2) is 0 Å². The highest BCUT2D eigenvalue weighted by molar-refractivity contribution is 5.82. The normalized spacial score (nSPS) is 13.1. The molecule has 0 aromatic heterocycles. The third-order valence-electron chi connectivity index (χ3n) is 3.27. The molecule has 2 aromatic carbocycles. The van der Waals surface area contributed by atoms with E-state index in [1.165, 1.54) is 16.3 Å². The molecule has 0 aliphatic carbocycles. The summed E-state index contributed by atoms with van der Waals surface area (Å²) in [6.07, 6.45) is 1.14. The molecule has 0 radical (unpaired) electrons. The van der Waals surface area contributed by atoms with E-state index in [1.54, 1.807) is 0 Å². The zero-order valence-electron chi connectivity index (χ0n) is 11.6. The van der Waals surface area contributed by atoms with Crippen molar-refractivity contribution in [3.63, 3.8) is 0 Å². The monoisotopic (exact) mass is 241 g/mol. The standard InChI is InChI=1S/C17H23N/c1-13(2)18-12-14(3)10-15-8-9-16-6-4-5-7-17(16)11-15/h4-9,11,13-14,18H,10,12H2,1-3H3. The van der Waals surface area contributed by atoms with Gasteiger partial charge < -0.3 is 5.32 Å². The highest BCUT2D eigenvalue weighted by Gasteiger charge is 2.05. The van der Waals surface area contributed by atoms with E-state index in [9.17, 15) is 0 Å². The summed E-state index contributed by atoms with van der Waals surface area (Å²) in [6.45, 7) is 7.79. The first kappa shape index (κ1) is 13.1. The predicted octanol–water partition coefficient (Wildman–Crippen LogP) is 4.02. The molecule has 1 N–H and O–H groups in total. The van der Waals surface area contributed by atoms with E-state index >= 15 is 0 Å². The second-order valence-corrected chi connectivity index (χ2v) is 5.55. The van der Waals surface area contributed by atoms with Gasteiger partial charge in [-0.1, -0.05) is 63.2 Å². The Morgan fingerprint density at radius 3 is 2.39 bits per heavy atom. The van der Waals surface area contributed by atoms with Gasteiger partial charge in [-0.15, -0.1) is 0 Å². The highest BCUT2D eigenvalue weighted by atomic mass is 14.9. The van der Waals surface area contributed by atoms with Crippen LogP contribution in [0.2, 0.25) is 0 Å². The smallest absolute Gasteiger partial charge is 0.00104 e. The number of nitrogens with one attached hydrogen (secondary N) is 1. The van der Waals surface area contributed by atoms with E-state index in [4.69, 9.17) is 0 Å². The molecule has 0 aliphatic heterocycles. The van der Waals surface area contributed by atoms with Crippen molar-refractivity contribution in [3.8, 4) is 0 Å². The Hall–Kier alpha value is -1.34. The van der Waals surface area contributed by atoms with Crippen LogP contribution in [0, 0.1) is 5.92 Å². The lowest BCUT2D eigenvalue weighted by atomic mass is 9.98. The van der Waals surface area contributed by atoms with Gasteiger partial charge in [-0.3, -0.25) is 0 Å². The molecule has 96 valence electrons. The van der Waals surface area contributed by atoms with Crippen molar-refractivity contribution in [3.05, 3.63) is 48.0 Å². The molecule has 1 heteroatoms. The molecular formula is C17H23N. The summed E-state index contributed by atoms with van der Waals surface area (Å²) in [6, 6.07) is 15.9. The van der Waals surface area contributed by atoms with Gasteiger partial charge in [0.1, 0.15) is 0 Å². The quantitative estimate of drug-likeness (QED) is 0.833. The fraction of sp³-hybridized carbons (Fsp3) is 0.412. The van der Waals surface area contributed by atoms with Crippen molar-refractivity contribution in [2.75, 3.05) is 6.54 Å². The SMILES string of the molecule is CC(CNC(C)C)Cc1ccc2ccccc2c1. The lowest BCUT2D eigenvalue weighted by molar-refractivity contribution is 0.476. The Bertz CT molecular complexity index is 502. The molecule has 1 nitrogen and oxygen atoms in total. The van der Waals surface area contributed by atoms with Gasteiger partial charge in [0.05, 0.1) is 0 Å². The van der Waals surface area contributed by atoms with Gasteiger partial charge in [0.2, 0.25) is 0 Å². The maximum atomic E-state index is 3.50. The largest absolute Gasteiger partial charge is 0.314 e.